The van der Waals surface area contributed by atoms with Crippen molar-refractivity contribution in [3.63, 3.8) is 0 Å². The molecular formula is C15H21BrN2O3S. The number of likely N-dealkylation sites (tertiary alicyclic amines) is 1. The maximum atomic E-state index is 12.4. The lowest BCUT2D eigenvalue weighted by molar-refractivity contribution is -0.127. The number of aryl methyl sites for hydroxylation is 1. The molecule has 2 rings (SSSR count). The number of sulfonamides is 1. The van der Waals surface area contributed by atoms with Gasteiger partial charge in [0.15, 0.2) is 0 Å². The van der Waals surface area contributed by atoms with E-state index >= 15 is 0 Å². The minimum absolute atomic E-state index is 0.170. The zero-order valence-corrected chi connectivity index (χ0v) is 15.0. The predicted molar refractivity (Wildman–Crippen MR) is 89.1 cm³/mol. The van der Waals surface area contributed by atoms with Crippen LogP contribution in [0, 0.1) is 0 Å². The average Bonchev–Trinajstić information content (AvgIpc) is 2.88. The molecule has 0 atom stereocenters. The lowest BCUT2D eigenvalue weighted by atomic mass is 10.2. The van der Waals surface area contributed by atoms with Crippen molar-refractivity contribution in [1.82, 2.24) is 9.62 Å². The fourth-order valence-electron chi connectivity index (χ4n) is 2.58. The molecule has 0 unspecified atom stereocenters. The molecule has 22 heavy (non-hydrogen) atoms. The molecule has 0 radical (unpaired) electrons. The molecule has 7 heteroatoms. The van der Waals surface area contributed by atoms with Crippen molar-refractivity contribution in [1.29, 1.82) is 0 Å². The average molecular weight is 389 g/mol. The zero-order valence-electron chi connectivity index (χ0n) is 12.6. The van der Waals surface area contributed by atoms with Gasteiger partial charge in [0.05, 0.1) is 4.90 Å². The molecule has 0 aliphatic carbocycles. The van der Waals surface area contributed by atoms with Crippen molar-refractivity contribution in [2.75, 3.05) is 19.6 Å². The van der Waals surface area contributed by atoms with E-state index in [1.807, 2.05) is 13.0 Å². The summed E-state index contributed by atoms with van der Waals surface area (Å²) in [6, 6.07) is 5.18. The van der Waals surface area contributed by atoms with Gasteiger partial charge in [0.1, 0.15) is 0 Å². The van der Waals surface area contributed by atoms with Crippen molar-refractivity contribution in [3.05, 3.63) is 28.2 Å². The van der Waals surface area contributed by atoms with Crippen molar-refractivity contribution < 1.29 is 13.2 Å². The van der Waals surface area contributed by atoms with E-state index in [0.717, 1.165) is 23.0 Å². The number of carbonyl (C=O) groups is 1. The first-order valence-electron chi connectivity index (χ1n) is 7.50. The maximum Gasteiger partial charge on any atom is 0.240 e. The van der Waals surface area contributed by atoms with Gasteiger partial charge in [-0.25, -0.2) is 13.1 Å². The first kappa shape index (κ1) is 17.4. The van der Waals surface area contributed by atoms with Crippen molar-refractivity contribution in [2.24, 2.45) is 0 Å². The monoisotopic (exact) mass is 388 g/mol. The van der Waals surface area contributed by atoms with Crippen LogP contribution in [0.3, 0.4) is 0 Å². The molecule has 1 aromatic rings. The lowest BCUT2D eigenvalue weighted by Gasteiger charge is -2.16. The number of rotatable bonds is 7. The SMILES string of the molecule is CCc1cc(Br)ccc1S(=O)(=O)NCCCN1CCCC1=O. The van der Waals surface area contributed by atoms with E-state index in [2.05, 4.69) is 20.7 Å². The van der Waals surface area contributed by atoms with Gasteiger partial charge >= 0.3 is 0 Å². The second-order valence-corrected chi connectivity index (χ2v) is 7.99. The summed E-state index contributed by atoms with van der Waals surface area (Å²) in [6.07, 6.45) is 2.80. The largest absolute Gasteiger partial charge is 0.343 e. The third-order valence-electron chi connectivity index (χ3n) is 3.76. The predicted octanol–water partition coefficient (Wildman–Crippen LogP) is 2.30. The van der Waals surface area contributed by atoms with E-state index in [0.29, 0.717) is 37.2 Å². The summed E-state index contributed by atoms with van der Waals surface area (Å²) in [5, 5.41) is 0. The Morgan fingerprint density at radius 3 is 2.77 bits per heavy atom. The second kappa shape index (κ2) is 7.57. The minimum Gasteiger partial charge on any atom is -0.343 e. The molecule has 1 aliphatic rings. The molecule has 5 nitrogen and oxygen atoms in total. The number of carbonyl (C=O) groups excluding carboxylic acids is 1. The molecule has 1 amide bonds. The first-order valence-corrected chi connectivity index (χ1v) is 9.77. The summed E-state index contributed by atoms with van der Waals surface area (Å²) >= 11 is 3.36. The number of halogens is 1. The summed E-state index contributed by atoms with van der Waals surface area (Å²) in [4.78, 5) is 13.6. The molecule has 1 fully saturated rings. The number of hydrogen-bond acceptors (Lipinski definition) is 3. The summed E-state index contributed by atoms with van der Waals surface area (Å²) in [7, 11) is -3.50. The van der Waals surface area contributed by atoms with E-state index in [4.69, 9.17) is 0 Å². The third kappa shape index (κ3) is 4.30. The molecule has 0 spiro atoms. The van der Waals surface area contributed by atoms with Crippen molar-refractivity contribution in [2.45, 2.75) is 37.5 Å². The number of nitrogens with one attached hydrogen (secondary N) is 1. The van der Waals surface area contributed by atoms with Crippen LogP contribution in [0.25, 0.3) is 0 Å². The Bertz CT molecular complexity index is 646. The van der Waals surface area contributed by atoms with Gasteiger partial charge < -0.3 is 4.90 Å². The number of hydrogen-bond donors (Lipinski definition) is 1. The Kier molecular flexibility index (Phi) is 6.00. The minimum atomic E-state index is -3.50. The highest BCUT2D eigenvalue weighted by molar-refractivity contribution is 9.10. The van der Waals surface area contributed by atoms with Crippen LogP contribution in [-0.2, 0) is 21.2 Å². The van der Waals surface area contributed by atoms with Crippen LogP contribution in [0.5, 0.6) is 0 Å². The second-order valence-electron chi connectivity index (χ2n) is 5.34. The maximum absolute atomic E-state index is 12.4. The number of nitrogens with zero attached hydrogens (tertiary/aromatic N) is 1. The van der Waals surface area contributed by atoms with Gasteiger partial charge in [0.2, 0.25) is 15.9 Å². The Morgan fingerprint density at radius 2 is 2.14 bits per heavy atom. The Labute approximate surface area is 140 Å². The molecular weight excluding hydrogens is 368 g/mol. The zero-order chi connectivity index (χ0) is 16.2. The van der Waals surface area contributed by atoms with E-state index in [1.165, 1.54) is 0 Å². The highest BCUT2D eigenvalue weighted by Crippen LogP contribution is 2.21. The van der Waals surface area contributed by atoms with Crippen LogP contribution in [-0.4, -0.2) is 38.9 Å². The van der Waals surface area contributed by atoms with Crippen molar-refractivity contribution in [3.8, 4) is 0 Å². The van der Waals surface area contributed by atoms with Gasteiger partial charge in [-0.3, -0.25) is 4.79 Å². The Morgan fingerprint density at radius 1 is 1.36 bits per heavy atom. The third-order valence-corrected chi connectivity index (χ3v) is 5.82. The summed E-state index contributed by atoms with van der Waals surface area (Å²) in [6.45, 7) is 3.67. The topological polar surface area (TPSA) is 66.5 Å². The number of amides is 1. The first-order chi connectivity index (χ1) is 10.4. The molecule has 1 saturated heterocycles. The molecule has 122 valence electrons. The molecule has 0 saturated carbocycles. The summed E-state index contributed by atoms with van der Waals surface area (Å²) in [5.74, 6) is 0.170. The van der Waals surface area contributed by atoms with Gasteiger partial charge in [-0.1, -0.05) is 22.9 Å². The van der Waals surface area contributed by atoms with Crippen LogP contribution in [0.4, 0.5) is 0 Å². The number of benzene rings is 1. The standard InChI is InChI=1S/C15H21BrN2O3S/c1-2-12-11-13(16)6-7-14(12)22(20,21)17-8-4-10-18-9-3-5-15(18)19/h6-7,11,17H,2-5,8-10H2,1H3. The normalized spacial score (nSPS) is 15.5. The smallest absolute Gasteiger partial charge is 0.240 e. The van der Waals surface area contributed by atoms with Crippen molar-refractivity contribution >= 4 is 31.9 Å². The van der Waals surface area contributed by atoms with Crippen LogP contribution in [0.1, 0.15) is 31.7 Å². The molecule has 1 aliphatic heterocycles. The molecule has 1 heterocycles. The van der Waals surface area contributed by atoms with Crippen LogP contribution in [0.15, 0.2) is 27.6 Å². The van der Waals surface area contributed by atoms with Crippen LogP contribution >= 0.6 is 15.9 Å². The van der Waals surface area contributed by atoms with Gasteiger partial charge in [-0.2, -0.15) is 0 Å². The summed E-state index contributed by atoms with van der Waals surface area (Å²) < 4.78 is 28.3. The highest BCUT2D eigenvalue weighted by atomic mass is 79.9. The Balaban J connectivity index is 1.92. The van der Waals surface area contributed by atoms with Gasteiger partial charge in [-0.15, -0.1) is 0 Å². The van der Waals surface area contributed by atoms with Gasteiger partial charge in [0, 0.05) is 30.5 Å². The van der Waals surface area contributed by atoms with E-state index in [-0.39, 0.29) is 5.91 Å². The van der Waals surface area contributed by atoms with Crippen LogP contribution in [0.2, 0.25) is 0 Å². The highest BCUT2D eigenvalue weighted by Gasteiger charge is 2.20. The van der Waals surface area contributed by atoms with E-state index in [1.54, 1.807) is 17.0 Å². The van der Waals surface area contributed by atoms with E-state index < -0.39 is 10.0 Å². The van der Waals surface area contributed by atoms with Gasteiger partial charge in [0.25, 0.3) is 0 Å². The fraction of sp³-hybridized carbons (Fsp3) is 0.533. The molecule has 0 bridgehead atoms. The van der Waals surface area contributed by atoms with Crippen LogP contribution < -0.4 is 4.72 Å². The molecule has 0 aromatic heterocycles. The Hall–Kier alpha value is -0.920. The molecule has 1 N–H and O–H groups in total. The van der Waals surface area contributed by atoms with Gasteiger partial charge in [-0.05, 0) is 43.0 Å². The summed E-state index contributed by atoms with van der Waals surface area (Å²) in [5.41, 5.74) is 0.789. The lowest BCUT2D eigenvalue weighted by Crippen LogP contribution is -2.31. The molecule has 1 aromatic carbocycles. The fourth-order valence-corrected chi connectivity index (χ4v) is 4.35. The quantitative estimate of drug-likeness (QED) is 0.728. The van der Waals surface area contributed by atoms with E-state index in [9.17, 15) is 13.2 Å².